The topological polar surface area (TPSA) is 32.3 Å². The molecule has 1 aromatic rings. The van der Waals surface area contributed by atoms with Crippen molar-refractivity contribution in [3.05, 3.63) is 35.1 Å². The minimum atomic E-state index is -1.56. The van der Waals surface area contributed by atoms with Crippen LogP contribution in [-0.4, -0.2) is 37.0 Å². The summed E-state index contributed by atoms with van der Waals surface area (Å²) < 4.78 is 38.8. The molecule has 1 amide bonds. The Kier molecular flexibility index (Phi) is 4.09. The molecule has 0 spiro atoms. The van der Waals surface area contributed by atoms with Crippen LogP contribution >= 0.6 is 0 Å². The Morgan fingerprint density at radius 1 is 1.21 bits per heavy atom. The minimum absolute atomic E-state index is 0.0140. The quantitative estimate of drug-likeness (QED) is 0.834. The molecule has 1 fully saturated rings. The van der Waals surface area contributed by atoms with E-state index in [0.717, 1.165) is 25.9 Å². The van der Waals surface area contributed by atoms with Crippen molar-refractivity contribution in [2.45, 2.75) is 18.9 Å². The molecule has 0 aromatic heterocycles. The van der Waals surface area contributed by atoms with Crippen LogP contribution in [0.1, 0.15) is 23.2 Å². The van der Waals surface area contributed by atoms with Gasteiger partial charge in [0.1, 0.15) is 0 Å². The van der Waals surface area contributed by atoms with E-state index < -0.39 is 23.4 Å². The average Bonchev–Trinajstić information content (AvgIpc) is 2.38. The Morgan fingerprint density at radius 2 is 1.74 bits per heavy atom. The fourth-order valence-corrected chi connectivity index (χ4v) is 2.11. The van der Waals surface area contributed by atoms with Crippen molar-refractivity contribution in [2.24, 2.45) is 0 Å². The van der Waals surface area contributed by atoms with Crippen LogP contribution in [0.15, 0.2) is 12.1 Å². The molecular weight excluding hydrogens is 257 g/mol. The van der Waals surface area contributed by atoms with Gasteiger partial charge in [-0.05, 0) is 45.1 Å². The van der Waals surface area contributed by atoms with Crippen molar-refractivity contribution in [2.75, 3.05) is 20.1 Å². The second-order valence-electron chi connectivity index (χ2n) is 4.80. The second-order valence-corrected chi connectivity index (χ2v) is 4.80. The van der Waals surface area contributed by atoms with E-state index in [1.807, 2.05) is 7.05 Å². The normalized spacial score (nSPS) is 17.5. The first-order valence-corrected chi connectivity index (χ1v) is 6.11. The number of nitrogens with zero attached hydrogens (tertiary/aromatic N) is 1. The lowest BCUT2D eigenvalue weighted by Crippen LogP contribution is -2.43. The third-order valence-corrected chi connectivity index (χ3v) is 3.30. The van der Waals surface area contributed by atoms with Crippen LogP contribution in [0.5, 0.6) is 0 Å². The lowest BCUT2D eigenvalue weighted by atomic mass is 10.0. The highest BCUT2D eigenvalue weighted by Crippen LogP contribution is 2.15. The van der Waals surface area contributed by atoms with Crippen LogP contribution in [0, 0.1) is 17.5 Å². The maximum Gasteiger partial charge on any atom is 0.251 e. The summed E-state index contributed by atoms with van der Waals surface area (Å²) in [5, 5.41) is 2.71. The van der Waals surface area contributed by atoms with Gasteiger partial charge in [0.05, 0.1) is 0 Å². The first-order valence-electron chi connectivity index (χ1n) is 6.11. The third-order valence-electron chi connectivity index (χ3n) is 3.30. The van der Waals surface area contributed by atoms with Gasteiger partial charge in [0.15, 0.2) is 17.5 Å². The molecule has 19 heavy (non-hydrogen) atoms. The van der Waals surface area contributed by atoms with Crippen molar-refractivity contribution in [3.63, 3.8) is 0 Å². The molecular formula is C13H15F3N2O. The van der Waals surface area contributed by atoms with E-state index in [0.29, 0.717) is 12.1 Å². The molecule has 1 aliphatic rings. The minimum Gasteiger partial charge on any atom is -0.349 e. The molecule has 6 heteroatoms. The Labute approximate surface area is 109 Å². The van der Waals surface area contributed by atoms with Gasteiger partial charge in [-0.3, -0.25) is 4.79 Å². The molecule has 1 aliphatic heterocycles. The summed E-state index contributed by atoms with van der Waals surface area (Å²) in [6.45, 7) is 1.72. The fourth-order valence-electron chi connectivity index (χ4n) is 2.11. The van der Waals surface area contributed by atoms with Gasteiger partial charge in [-0.15, -0.1) is 0 Å². The van der Waals surface area contributed by atoms with Gasteiger partial charge in [-0.2, -0.15) is 0 Å². The molecule has 3 nitrogen and oxygen atoms in total. The van der Waals surface area contributed by atoms with Crippen molar-refractivity contribution in [1.82, 2.24) is 10.2 Å². The molecule has 0 unspecified atom stereocenters. The van der Waals surface area contributed by atoms with Gasteiger partial charge >= 0.3 is 0 Å². The molecule has 0 bridgehead atoms. The highest BCUT2D eigenvalue weighted by atomic mass is 19.2. The Morgan fingerprint density at radius 3 is 2.26 bits per heavy atom. The zero-order valence-electron chi connectivity index (χ0n) is 10.5. The van der Waals surface area contributed by atoms with Crippen LogP contribution in [0.4, 0.5) is 13.2 Å². The van der Waals surface area contributed by atoms with Gasteiger partial charge in [0, 0.05) is 11.6 Å². The highest BCUT2D eigenvalue weighted by Gasteiger charge is 2.20. The molecule has 1 aromatic carbocycles. The van der Waals surface area contributed by atoms with E-state index in [1.54, 1.807) is 0 Å². The number of amides is 1. The Balaban J connectivity index is 2.04. The number of benzene rings is 1. The molecule has 1 heterocycles. The summed E-state index contributed by atoms with van der Waals surface area (Å²) >= 11 is 0. The summed E-state index contributed by atoms with van der Waals surface area (Å²) in [7, 11) is 1.99. The summed E-state index contributed by atoms with van der Waals surface area (Å²) in [5.41, 5.74) is -0.199. The number of carbonyl (C=O) groups is 1. The zero-order valence-corrected chi connectivity index (χ0v) is 10.5. The van der Waals surface area contributed by atoms with E-state index in [-0.39, 0.29) is 11.6 Å². The molecule has 104 valence electrons. The van der Waals surface area contributed by atoms with E-state index in [1.165, 1.54) is 0 Å². The number of piperidine rings is 1. The van der Waals surface area contributed by atoms with Gasteiger partial charge in [-0.25, -0.2) is 13.2 Å². The van der Waals surface area contributed by atoms with Crippen molar-refractivity contribution < 1.29 is 18.0 Å². The van der Waals surface area contributed by atoms with Gasteiger partial charge in [0.25, 0.3) is 5.91 Å². The van der Waals surface area contributed by atoms with Crippen LogP contribution in [0.2, 0.25) is 0 Å². The van der Waals surface area contributed by atoms with E-state index >= 15 is 0 Å². The number of carbonyl (C=O) groups excluding carboxylic acids is 1. The molecule has 1 saturated heterocycles. The van der Waals surface area contributed by atoms with Gasteiger partial charge < -0.3 is 10.2 Å². The first kappa shape index (κ1) is 13.9. The summed E-state index contributed by atoms with van der Waals surface area (Å²) in [6, 6.07) is 1.41. The predicted molar refractivity (Wildman–Crippen MR) is 64.3 cm³/mol. The highest BCUT2D eigenvalue weighted by molar-refractivity contribution is 5.94. The molecule has 0 aliphatic carbocycles. The van der Waals surface area contributed by atoms with Crippen LogP contribution < -0.4 is 5.32 Å². The van der Waals surface area contributed by atoms with Crippen LogP contribution in [0.3, 0.4) is 0 Å². The fraction of sp³-hybridized carbons (Fsp3) is 0.462. The number of hydrogen-bond acceptors (Lipinski definition) is 2. The van der Waals surface area contributed by atoms with E-state index in [2.05, 4.69) is 10.2 Å². The first-order chi connectivity index (χ1) is 8.97. The smallest absolute Gasteiger partial charge is 0.251 e. The Hall–Kier alpha value is -1.56. The molecule has 0 saturated carbocycles. The SMILES string of the molecule is CN1CCC(NC(=O)c2cc(F)c(F)c(F)c2)CC1. The summed E-state index contributed by atoms with van der Waals surface area (Å²) in [5.74, 6) is -4.84. The standard InChI is InChI=1S/C13H15F3N2O/c1-18-4-2-9(3-5-18)17-13(19)8-6-10(14)12(16)11(15)7-8/h6-7,9H,2-5H2,1H3,(H,17,19). The van der Waals surface area contributed by atoms with E-state index in [9.17, 15) is 18.0 Å². The lowest BCUT2D eigenvalue weighted by Gasteiger charge is -2.29. The lowest BCUT2D eigenvalue weighted by molar-refractivity contribution is 0.0915. The maximum atomic E-state index is 13.0. The number of rotatable bonds is 2. The monoisotopic (exact) mass is 272 g/mol. The third kappa shape index (κ3) is 3.26. The van der Waals surface area contributed by atoms with Crippen LogP contribution in [0.25, 0.3) is 0 Å². The van der Waals surface area contributed by atoms with Crippen molar-refractivity contribution in [1.29, 1.82) is 0 Å². The molecule has 0 radical (unpaired) electrons. The number of hydrogen-bond donors (Lipinski definition) is 1. The van der Waals surface area contributed by atoms with Crippen molar-refractivity contribution in [3.8, 4) is 0 Å². The molecule has 0 atom stereocenters. The average molecular weight is 272 g/mol. The molecule has 1 N–H and O–H groups in total. The number of nitrogens with one attached hydrogen (secondary N) is 1. The number of likely N-dealkylation sites (tertiary alicyclic amines) is 1. The van der Waals surface area contributed by atoms with E-state index in [4.69, 9.17) is 0 Å². The van der Waals surface area contributed by atoms with Gasteiger partial charge in [0.2, 0.25) is 0 Å². The predicted octanol–water partition coefficient (Wildman–Crippen LogP) is 1.93. The summed E-state index contributed by atoms with van der Waals surface area (Å²) in [4.78, 5) is 14.0. The number of halogens is 3. The largest absolute Gasteiger partial charge is 0.349 e. The summed E-state index contributed by atoms with van der Waals surface area (Å²) in [6.07, 6.45) is 1.57. The zero-order chi connectivity index (χ0) is 14.0. The van der Waals surface area contributed by atoms with Crippen LogP contribution in [-0.2, 0) is 0 Å². The Bertz CT molecular complexity index is 462. The molecule has 2 rings (SSSR count). The van der Waals surface area contributed by atoms with Crippen molar-refractivity contribution >= 4 is 5.91 Å². The maximum absolute atomic E-state index is 13.0. The van der Waals surface area contributed by atoms with Gasteiger partial charge in [-0.1, -0.05) is 0 Å². The second kappa shape index (κ2) is 5.61.